The number of rotatable bonds is 8. The lowest BCUT2D eigenvalue weighted by Crippen LogP contribution is -2.36. The number of thiophene rings is 1. The van der Waals surface area contributed by atoms with Gasteiger partial charge in [-0.1, -0.05) is 31.4 Å². The molecule has 1 aromatic heterocycles. The smallest absolute Gasteiger partial charge is 0.341 e. The highest BCUT2D eigenvalue weighted by molar-refractivity contribution is 7.18. The van der Waals surface area contributed by atoms with Crippen molar-refractivity contribution in [1.29, 1.82) is 0 Å². The molecule has 0 atom stereocenters. The molecular weight excluding hydrogens is 428 g/mol. The van der Waals surface area contributed by atoms with E-state index in [4.69, 9.17) is 9.47 Å². The van der Waals surface area contributed by atoms with Crippen molar-refractivity contribution in [3.05, 3.63) is 45.8 Å². The minimum atomic E-state index is -0.544. The third-order valence-corrected chi connectivity index (χ3v) is 6.76. The van der Waals surface area contributed by atoms with Crippen LogP contribution in [0.1, 0.15) is 70.2 Å². The number of esters is 1. The van der Waals surface area contributed by atoms with Gasteiger partial charge in [-0.15, -0.1) is 11.3 Å². The molecular formula is C24H30N2O5S. The zero-order valence-corrected chi connectivity index (χ0v) is 19.6. The molecule has 2 amide bonds. The highest BCUT2D eigenvalue weighted by Crippen LogP contribution is 2.34. The van der Waals surface area contributed by atoms with Crippen molar-refractivity contribution in [3.63, 3.8) is 0 Å². The Morgan fingerprint density at radius 3 is 2.41 bits per heavy atom. The molecule has 1 saturated carbocycles. The number of benzene rings is 1. The predicted molar refractivity (Wildman–Crippen MR) is 125 cm³/mol. The molecule has 0 saturated heterocycles. The van der Waals surface area contributed by atoms with E-state index in [9.17, 15) is 14.4 Å². The van der Waals surface area contributed by atoms with Crippen LogP contribution < -0.4 is 15.4 Å². The molecule has 1 aromatic carbocycles. The summed E-state index contributed by atoms with van der Waals surface area (Å²) in [7, 11) is 1.58. The molecule has 3 rings (SSSR count). The Labute approximate surface area is 192 Å². The average Bonchev–Trinajstić information content (AvgIpc) is 3.10. The normalized spacial score (nSPS) is 14.0. The fourth-order valence-corrected chi connectivity index (χ4v) is 4.98. The van der Waals surface area contributed by atoms with E-state index in [1.165, 1.54) is 6.42 Å². The van der Waals surface area contributed by atoms with Gasteiger partial charge >= 0.3 is 5.97 Å². The molecule has 1 aliphatic carbocycles. The second-order valence-corrected chi connectivity index (χ2v) is 8.88. The van der Waals surface area contributed by atoms with Crippen LogP contribution in [0, 0.1) is 6.92 Å². The largest absolute Gasteiger partial charge is 0.497 e. The Hall–Kier alpha value is -2.87. The standard InChI is InChI=1S/C24H30N2O5S/c1-4-31-24(29)20-15(2)21(22(28)25-17-8-6-5-7-9-17)32-23(20)26-19(27)14-16-10-12-18(30-3)13-11-16/h10-13,17H,4-9,14H2,1-3H3,(H,25,28)(H,26,27). The van der Waals surface area contributed by atoms with Gasteiger partial charge in [0, 0.05) is 6.04 Å². The van der Waals surface area contributed by atoms with Gasteiger partial charge in [0.05, 0.1) is 30.6 Å². The molecule has 1 heterocycles. The molecule has 8 heteroatoms. The molecule has 2 aromatic rings. The molecule has 2 N–H and O–H groups in total. The zero-order valence-electron chi connectivity index (χ0n) is 18.8. The van der Waals surface area contributed by atoms with Crippen LogP contribution in [0.5, 0.6) is 5.75 Å². The van der Waals surface area contributed by atoms with Gasteiger partial charge in [0.25, 0.3) is 5.91 Å². The topological polar surface area (TPSA) is 93.7 Å². The number of hydrogen-bond donors (Lipinski definition) is 2. The second-order valence-electron chi connectivity index (χ2n) is 7.86. The zero-order chi connectivity index (χ0) is 23.1. The molecule has 0 radical (unpaired) electrons. The van der Waals surface area contributed by atoms with Gasteiger partial charge in [0.2, 0.25) is 5.91 Å². The molecule has 1 aliphatic rings. The summed E-state index contributed by atoms with van der Waals surface area (Å²) in [5, 5.41) is 6.24. The Kier molecular flexibility index (Phi) is 8.27. The van der Waals surface area contributed by atoms with E-state index in [1.54, 1.807) is 33.1 Å². The maximum Gasteiger partial charge on any atom is 0.341 e. The Morgan fingerprint density at radius 1 is 1.09 bits per heavy atom. The van der Waals surface area contributed by atoms with Crippen LogP contribution in [-0.4, -0.2) is 37.5 Å². The van der Waals surface area contributed by atoms with Gasteiger partial charge in [-0.05, 0) is 49.9 Å². The van der Waals surface area contributed by atoms with Crippen LogP contribution in [0.15, 0.2) is 24.3 Å². The Morgan fingerprint density at radius 2 is 1.78 bits per heavy atom. The van der Waals surface area contributed by atoms with Crippen LogP contribution in [-0.2, 0) is 16.0 Å². The summed E-state index contributed by atoms with van der Waals surface area (Å²) in [6.45, 7) is 3.65. The number of ether oxygens (including phenoxy) is 2. The Balaban J connectivity index is 1.79. The number of methoxy groups -OCH3 is 1. The first kappa shape index (κ1) is 23.8. The highest BCUT2D eigenvalue weighted by Gasteiger charge is 2.28. The summed E-state index contributed by atoms with van der Waals surface area (Å²) >= 11 is 1.12. The third kappa shape index (κ3) is 5.88. The molecule has 0 aliphatic heterocycles. The number of anilines is 1. The monoisotopic (exact) mass is 458 g/mol. The van der Waals surface area contributed by atoms with E-state index in [-0.39, 0.29) is 36.4 Å². The lowest BCUT2D eigenvalue weighted by Gasteiger charge is -2.22. The van der Waals surface area contributed by atoms with Crippen LogP contribution in [0.2, 0.25) is 0 Å². The number of carbonyl (C=O) groups excluding carboxylic acids is 3. The molecule has 0 bridgehead atoms. The summed E-state index contributed by atoms with van der Waals surface area (Å²) in [5.74, 6) is -0.319. The summed E-state index contributed by atoms with van der Waals surface area (Å²) in [6.07, 6.45) is 5.47. The van der Waals surface area contributed by atoms with E-state index < -0.39 is 5.97 Å². The maximum absolute atomic E-state index is 12.9. The van der Waals surface area contributed by atoms with E-state index in [2.05, 4.69) is 10.6 Å². The average molecular weight is 459 g/mol. The lowest BCUT2D eigenvalue weighted by molar-refractivity contribution is -0.115. The van der Waals surface area contributed by atoms with Crippen molar-refractivity contribution in [3.8, 4) is 5.75 Å². The van der Waals surface area contributed by atoms with Gasteiger partial charge < -0.3 is 20.1 Å². The highest BCUT2D eigenvalue weighted by atomic mass is 32.1. The fourth-order valence-electron chi connectivity index (χ4n) is 3.86. The molecule has 1 fully saturated rings. The van der Waals surface area contributed by atoms with Crippen molar-refractivity contribution in [2.45, 2.75) is 58.4 Å². The summed E-state index contributed by atoms with van der Waals surface area (Å²) < 4.78 is 10.3. The fraction of sp³-hybridized carbons (Fsp3) is 0.458. The van der Waals surface area contributed by atoms with E-state index in [1.807, 2.05) is 12.1 Å². The predicted octanol–water partition coefficient (Wildman–Crippen LogP) is 4.49. The van der Waals surface area contributed by atoms with Gasteiger partial charge in [0.1, 0.15) is 10.8 Å². The summed E-state index contributed by atoms with van der Waals surface area (Å²) in [6, 6.07) is 7.35. The number of amides is 2. The third-order valence-electron chi connectivity index (χ3n) is 5.55. The second kappa shape index (κ2) is 11.1. The van der Waals surface area contributed by atoms with Gasteiger partial charge in [-0.3, -0.25) is 9.59 Å². The van der Waals surface area contributed by atoms with Crippen molar-refractivity contribution in [2.24, 2.45) is 0 Å². The van der Waals surface area contributed by atoms with Gasteiger partial charge in [-0.25, -0.2) is 4.79 Å². The number of carbonyl (C=O) groups is 3. The lowest BCUT2D eigenvalue weighted by atomic mass is 9.95. The molecule has 32 heavy (non-hydrogen) atoms. The van der Waals surface area contributed by atoms with Crippen molar-refractivity contribution in [1.82, 2.24) is 5.32 Å². The van der Waals surface area contributed by atoms with Gasteiger partial charge in [-0.2, -0.15) is 0 Å². The number of nitrogens with one attached hydrogen (secondary N) is 2. The van der Waals surface area contributed by atoms with Crippen LogP contribution in [0.4, 0.5) is 5.00 Å². The first-order valence-corrected chi connectivity index (χ1v) is 11.8. The number of hydrogen-bond acceptors (Lipinski definition) is 6. The first-order valence-electron chi connectivity index (χ1n) is 11.0. The minimum Gasteiger partial charge on any atom is -0.497 e. The molecule has 0 unspecified atom stereocenters. The van der Waals surface area contributed by atoms with Crippen molar-refractivity contribution < 1.29 is 23.9 Å². The van der Waals surface area contributed by atoms with Crippen LogP contribution in [0.3, 0.4) is 0 Å². The van der Waals surface area contributed by atoms with E-state index >= 15 is 0 Å². The summed E-state index contributed by atoms with van der Waals surface area (Å²) in [5.41, 5.74) is 1.58. The van der Waals surface area contributed by atoms with Crippen molar-refractivity contribution >= 4 is 34.1 Å². The summed E-state index contributed by atoms with van der Waals surface area (Å²) in [4.78, 5) is 38.7. The maximum atomic E-state index is 12.9. The van der Waals surface area contributed by atoms with Gasteiger partial charge in [0.15, 0.2) is 0 Å². The van der Waals surface area contributed by atoms with E-state index in [0.29, 0.717) is 21.2 Å². The minimum absolute atomic E-state index is 0.132. The molecule has 7 nitrogen and oxygen atoms in total. The Bertz CT molecular complexity index is 962. The van der Waals surface area contributed by atoms with Crippen LogP contribution >= 0.6 is 11.3 Å². The molecule has 172 valence electrons. The molecule has 0 spiro atoms. The van der Waals surface area contributed by atoms with E-state index in [0.717, 1.165) is 42.6 Å². The first-order chi connectivity index (χ1) is 15.4. The quantitative estimate of drug-likeness (QED) is 0.569. The van der Waals surface area contributed by atoms with Crippen molar-refractivity contribution in [2.75, 3.05) is 19.0 Å². The van der Waals surface area contributed by atoms with Crippen LogP contribution in [0.25, 0.3) is 0 Å². The SMILES string of the molecule is CCOC(=O)c1c(NC(=O)Cc2ccc(OC)cc2)sc(C(=O)NC2CCCCC2)c1C.